The van der Waals surface area contributed by atoms with Crippen molar-refractivity contribution in [3.63, 3.8) is 0 Å². The molecule has 0 radical (unpaired) electrons. The lowest BCUT2D eigenvalue weighted by Gasteiger charge is -2.21. The lowest BCUT2D eigenvalue weighted by atomic mass is 9.96. The molecule has 0 spiro atoms. The second kappa shape index (κ2) is 5.44. The van der Waals surface area contributed by atoms with Crippen molar-refractivity contribution in [2.24, 2.45) is 5.41 Å². The topological polar surface area (TPSA) is 92.4 Å². The SMILES string of the molecule is Cc1c(N)cc(S(=O)(=O)NCC(C)(C)CO)cc1F. The number of nitrogens with one attached hydrogen (secondary N) is 1. The van der Waals surface area contributed by atoms with Crippen LogP contribution in [0.4, 0.5) is 10.1 Å². The number of rotatable bonds is 5. The van der Waals surface area contributed by atoms with Crippen molar-refractivity contribution in [1.82, 2.24) is 4.72 Å². The van der Waals surface area contributed by atoms with Crippen LogP contribution in [0.5, 0.6) is 0 Å². The maximum Gasteiger partial charge on any atom is 0.240 e. The Balaban J connectivity index is 3.02. The summed E-state index contributed by atoms with van der Waals surface area (Å²) < 4.78 is 39.8. The van der Waals surface area contributed by atoms with E-state index in [1.807, 2.05) is 0 Å². The van der Waals surface area contributed by atoms with Gasteiger partial charge in [-0.3, -0.25) is 0 Å². The zero-order valence-electron chi connectivity index (χ0n) is 11.2. The molecule has 0 fully saturated rings. The van der Waals surface area contributed by atoms with Crippen molar-refractivity contribution in [2.45, 2.75) is 25.7 Å². The van der Waals surface area contributed by atoms with E-state index in [-0.39, 0.29) is 29.3 Å². The smallest absolute Gasteiger partial charge is 0.240 e. The van der Waals surface area contributed by atoms with Gasteiger partial charge in [-0.05, 0) is 19.1 Å². The molecule has 0 saturated carbocycles. The molecule has 0 atom stereocenters. The Labute approximate surface area is 112 Å². The molecule has 5 nitrogen and oxygen atoms in total. The summed E-state index contributed by atoms with van der Waals surface area (Å²) in [7, 11) is -3.85. The van der Waals surface area contributed by atoms with Crippen LogP contribution in [0.25, 0.3) is 0 Å². The Morgan fingerprint density at radius 3 is 2.47 bits per heavy atom. The average molecular weight is 290 g/mol. The van der Waals surface area contributed by atoms with Gasteiger partial charge in [0.25, 0.3) is 0 Å². The number of nitrogens with two attached hydrogens (primary N) is 1. The number of halogens is 1. The van der Waals surface area contributed by atoms with E-state index in [2.05, 4.69) is 4.72 Å². The number of sulfonamides is 1. The molecule has 0 aliphatic rings. The highest BCUT2D eigenvalue weighted by molar-refractivity contribution is 7.89. The number of anilines is 1. The Morgan fingerprint density at radius 1 is 1.42 bits per heavy atom. The molecule has 19 heavy (non-hydrogen) atoms. The van der Waals surface area contributed by atoms with Gasteiger partial charge in [0, 0.05) is 29.8 Å². The molecule has 0 heterocycles. The van der Waals surface area contributed by atoms with Gasteiger partial charge in [-0.2, -0.15) is 0 Å². The maximum atomic E-state index is 13.5. The molecule has 0 unspecified atom stereocenters. The first kappa shape index (κ1) is 15.9. The van der Waals surface area contributed by atoms with Gasteiger partial charge >= 0.3 is 0 Å². The molecule has 0 aromatic heterocycles. The zero-order valence-corrected chi connectivity index (χ0v) is 12.0. The lowest BCUT2D eigenvalue weighted by Crippen LogP contribution is -2.36. The highest BCUT2D eigenvalue weighted by Crippen LogP contribution is 2.21. The zero-order chi connectivity index (χ0) is 14.8. The molecule has 0 aliphatic carbocycles. The van der Waals surface area contributed by atoms with E-state index in [1.165, 1.54) is 13.0 Å². The number of nitrogen functional groups attached to an aromatic ring is 1. The summed E-state index contributed by atoms with van der Waals surface area (Å²) >= 11 is 0. The van der Waals surface area contributed by atoms with Gasteiger partial charge < -0.3 is 10.8 Å². The van der Waals surface area contributed by atoms with Crippen molar-refractivity contribution in [1.29, 1.82) is 0 Å². The summed E-state index contributed by atoms with van der Waals surface area (Å²) in [6, 6.07) is 2.15. The fourth-order valence-electron chi connectivity index (χ4n) is 1.26. The third-order valence-corrected chi connectivity index (χ3v) is 4.22. The number of benzene rings is 1. The quantitative estimate of drug-likeness (QED) is 0.706. The third kappa shape index (κ3) is 3.89. The predicted octanol–water partition coefficient (Wildman–Crippen LogP) is 1.01. The summed E-state index contributed by atoms with van der Waals surface area (Å²) in [4.78, 5) is -0.221. The van der Waals surface area contributed by atoms with Crippen LogP contribution in [-0.4, -0.2) is 26.7 Å². The summed E-state index contributed by atoms with van der Waals surface area (Å²) in [5.41, 5.74) is 5.26. The standard InChI is InChI=1S/C12H19FN2O3S/c1-8-10(13)4-9(5-11(8)14)19(17,18)15-6-12(2,3)7-16/h4-5,15-16H,6-7,14H2,1-3H3. The predicted molar refractivity (Wildman–Crippen MR) is 71.6 cm³/mol. The van der Waals surface area contributed by atoms with E-state index >= 15 is 0 Å². The summed E-state index contributed by atoms with van der Waals surface area (Å²) in [5.74, 6) is -0.665. The van der Waals surface area contributed by atoms with Crippen LogP contribution in [0.1, 0.15) is 19.4 Å². The normalized spacial score (nSPS) is 12.7. The highest BCUT2D eigenvalue weighted by Gasteiger charge is 2.22. The number of aliphatic hydroxyl groups is 1. The Morgan fingerprint density at radius 2 is 2.00 bits per heavy atom. The Bertz CT molecular complexity index is 547. The van der Waals surface area contributed by atoms with Crippen LogP contribution in [0.2, 0.25) is 0 Å². The molecule has 0 aliphatic heterocycles. The molecule has 1 aromatic rings. The minimum Gasteiger partial charge on any atom is -0.398 e. The lowest BCUT2D eigenvalue weighted by molar-refractivity contribution is 0.163. The maximum absolute atomic E-state index is 13.5. The molecular weight excluding hydrogens is 271 g/mol. The fourth-order valence-corrected chi connectivity index (χ4v) is 2.55. The van der Waals surface area contributed by atoms with E-state index in [0.29, 0.717) is 0 Å². The fraction of sp³-hybridized carbons (Fsp3) is 0.500. The first-order chi connectivity index (χ1) is 8.59. The first-order valence-electron chi connectivity index (χ1n) is 5.75. The van der Waals surface area contributed by atoms with Crippen LogP contribution in [0.15, 0.2) is 17.0 Å². The van der Waals surface area contributed by atoms with E-state index < -0.39 is 21.3 Å². The van der Waals surface area contributed by atoms with E-state index in [9.17, 15) is 12.8 Å². The summed E-state index contributed by atoms with van der Waals surface area (Å²) in [5, 5.41) is 9.07. The number of hydrogen-bond donors (Lipinski definition) is 3. The largest absolute Gasteiger partial charge is 0.398 e. The van der Waals surface area contributed by atoms with Gasteiger partial charge in [-0.1, -0.05) is 13.8 Å². The van der Waals surface area contributed by atoms with Gasteiger partial charge in [0.05, 0.1) is 4.90 Å². The second-order valence-corrected chi connectivity index (χ2v) is 7.03. The van der Waals surface area contributed by atoms with Crippen LogP contribution in [0, 0.1) is 18.2 Å². The molecule has 0 amide bonds. The van der Waals surface area contributed by atoms with Crippen LogP contribution in [0.3, 0.4) is 0 Å². The average Bonchev–Trinajstić information content (AvgIpc) is 2.33. The first-order valence-corrected chi connectivity index (χ1v) is 7.23. The molecule has 1 aromatic carbocycles. The van der Waals surface area contributed by atoms with Crippen molar-refractivity contribution >= 4 is 15.7 Å². The van der Waals surface area contributed by atoms with Gasteiger partial charge in [-0.25, -0.2) is 17.5 Å². The van der Waals surface area contributed by atoms with Gasteiger partial charge in [0.2, 0.25) is 10.0 Å². The molecule has 108 valence electrons. The van der Waals surface area contributed by atoms with Crippen molar-refractivity contribution in [2.75, 3.05) is 18.9 Å². The van der Waals surface area contributed by atoms with Crippen molar-refractivity contribution in [3.8, 4) is 0 Å². The van der Waals surface area contributed by atoms with E-state index in [0.717, 1.165) is 6.07 Å². The minimum absolute atomic E-state index is 0.0429. The van der Waals surface area contributed by atoms with E-state index in [1.54, 1.807) is 13.8 Å². The summed E-state index contributed by atoms with van der Waals surface area (Å²) in [6.07, 6.45) is 0. The number of hydrogen-bond acceptors (Lipinski definition) is 4. The van der Waals surface area contributed by atoms with Crippen LogP contribution < -0.4 is 10.5 Å². The highest BCUT2D eigenvalue weighted by atomic mass is 32.2. The third-order valence-electron chi connectivity index (χ3n) is 2.84. The van der Waals surface area contributed by atoms with E-state index in [4.69, 9.17) is 10.8 Å². The number of aliphatic hydroxyl groups excluding tert-OH is 1. The molecular formula is C12H19FN2O3S. The molecule has 0 saturated heterocycles. The molecule has 4 N–H and O–H groups in total. The van der Waals surface area contributed by atoms with Gasteiger partial charge in [-0.15, -0.1) is 0 Å². The molecule has 1 rings (SSSR count). The van der Waals surface area contributed by atoms with Crippen molar-refractivity contribution in [3.05, 3.63) is 23.5 Å². The van der Waals surface area contributed by atoms with Gasteiger partial charge in [0.1, 0.15) is 5.82 Å². The molecule has 7 heteroatoms. The Hall–Kier alpha value is -1.18. The van der Waals surface area contributed by atoms with Crippen molar-refractivity contribution < 1.29 is 17.9 Å². The monoisotopic (exact) mass is 290 g/mol. The van der Waals surface area contributed by atoms with Crippen LogP contribution in [-0.2, 0) is 10.0 Å². The van der Waals surface area contributed by atoms with Gasteiger partial charge in [0.15, 0.2) is 0 Å². The Kier molecular flexibility index (Phi) is 4.54. The van der Waals surface area contributed by atoms with Crippen LogP contribution >= 0.6 is 0 Å². The minimum atomic E-state index is -3.85. The summed E-state index contributed by atoms with van der Waals surface area (Å²) in [6.45, 7) is 4.77. The second-order valence-electron chi connectivity index (χ2n) is 5.27. The molecule has 0 bridgehead atoms.